The summed E-state index contributed by atoms with van der Waals surface area (Å²) in [5, 5.41) is 6.44. The van der Waals surface area contributed by atoms with Gasteiger partial charge in [0.2, 0.25) is 0 Å². The summed E-state index contributed by atoms with van der Waals surface area (Å²) in [6, 6.07) is 12.3. The molecule has 2 aromatic rings. The first-order valence-corrected chi connectivity index (χ1v) is 9.40. The number of halogens is 1. The standard InChI is InChI=1S/C21H26FN3O3/c1-15(28-18-7-4-3-6-17(18)22)13-24-21(23-2)25-14-16-8-9-19-20(12-16)27-11-5-10-26-19/h3-4,6-9,12,15H,5,10-11,13-14H2,1-2H3,(H2,23,24,25). The maximum atomic E-state index is 13.7. The molecule has 7 heteroatoms. The smallest absolute Gasteiger partial charge is 0.191 e. The van der Waals surface area contributed by atoms with Crippen LogP contribution in [0, 0.1) is 5.82 Å². The molecule has 1 atom stereocenters. The van der Waals surface area contributed by atoms with Gasteiger partial charge in [0, 0.05) is 20.0 Å². The van der Waals surface area contributed by atoms with E-state index in [4.69, 9.17) is 14.2 Å². The molecule has 0 saturated carbocycles. The maximum Gasteiger partial charge on any atom is 0.191 e. The van der Waals surface area contributed by atoms with Crippen molar-refractivity contribution in [2.45, 2.75) is 26.0 Å². The Morgan fingerprint density at radius 1 is 1.14 bits per heavy atom. The van der Waals surface area contributed by atoms with Gasteiger partial charge in [0.25, 0.3) is 0 Å². The van der Waals surface area contributed by atoms with Gasteiger partial charge in [0.05, 0.1) is 19.8 Å². The van der Waals surface area contributed by atoms with Crippen LogP contribution in [0.3, 0.4) is 0 Å². The van der Waals surface area contributed by atoms with Crippen molar-refractivity contribution < 1.29 is 18.6 Å². The van der Waals surface area contributed by atoms with Gasteiger partial charge in [0.1, 0.15) is 6.10 Å². The number of nitrogens with one attached hydrogen (secondary N) is 2. The number of rotatable bonds is 6. The Kier molecular flexibility index (Phi) is 6.94. The Morgan fingerprint density at radius 3 is 2.71 bits per heavy atom. The molecule has 1 heterocycles. The predicted molar refractivity (Wildman–Crippen MR) is 107 cm³/mol. The second-order valence-electron chi connectivity index (χ2n) is 6.50. The van der Waals surface area contributed by atoms with E-state index in [0.29, 0.717) is 32.3 Å². The van der Waals surface area contributed by atoms with Crippen molar-refractivity contribution in [3.05, 3.63) is 53.8 Å². The Hall–Kier alpha value is -2.96. The molecule has 2 aromatic carbocycles. The average molecular weight is 387 g/mol. The number of guanidine groups is 1. The molecule has 0 aromatic heterocycles. The molecule has 3 rings (SSSR count). The monoisotopic (exact) mass is 387 g/mol. The van der Waals surface area contributed by atoms with E-state index in [1.165, 1.54) is 6.07 Å². The summed E-state index contributed by atoms with van der Waals surface area (Å²) in [5.74, 6) is 2.06. The van der Waals surface area contributed by atoms with Gasteiger partial charge in [-0.3, -0.25) is 4.99 Å². The molecule has 1 aliphatic rings. The normalized spacial score (nSPS) is 14.8. The van der Waals surface area contributed by atoms with Crippen LogP contribution in [-0.4, -0.2) is 38.9 Å². The summed E-state index contributed by atoms with van der Waals surface area (Å²) >= 11 is 0. The van der Waals surface area contributed by atoms with Crippen LogP contribution in [0.5, 0.6) is 17.2 Å². The molecule has 6 nitrogen and oxygen atoms in total. The SMILES string of the molecule is CN=C(NCc1ccc2c(c1)OCCCO2)NCC(C)Oc1ccccc1F. The summed E-state index contributed by atoms with van der Waals surface area (Å²) in [7, 11) is 1.70. The molecule has 1 aliphatic heterocycles. The summed E-state index contributed by atoms with van der Waals surface area (Å²) in [5.41, 5.74) is 1.06. The largest absolute Gasteiger partial charge is 0.490 e. The maximum absolute atomic E-state index is 13.7. The summed E-state index contributed by atoms with van der Waals surface area (Å²) < 4.78 is 30.7. The van der Waals surface area contributed by atoms with Crippen molar-refractivity contribution in [2.75, 3.05) is 26.8 Å². The molecular formula is C21H26FN3O3. The molecule has 0 bridgehead atoms. The van der Waals surface area contributed by atoms with Gasteiger partial charge >= 0.3 is 0 Å². The molecule has 0 amide bonds. The van der Waals surface area contributed by atoms with Crippen LogP contribution in [0.4, 0.5) is 4.39 Å². The van der Waals surface area contributed by atoms with Crippen LogP contribution in [0.1, 0.15) is 18.9 Å². The van der Waals surface area contributed by atoms with Gasteiger partial charge in [-0.25, -0.2) is 4.39 Å². The van der Waals surface area contributed by atoms with E-state index in [1.807, 2.05) is 25.1 Å². The van der Waals surface area contributed by atoms with E-state index >= 15 is 0 Å². The number of nitrogens with zero attached hydrogens (tertiary/aromatic N) is 1. The van der Waals surface area contributed by atoms with Crippen molar-refractivity contribution >= 4 is 5.96 Å². The Labute approximate surface area is 164 Å². The van der Waals surface area contributed by atoms with Gasteiger partial charge in [-0.1, -0.05) is 18.2 Å². The number of ether oxygens (including phenoxy) is 3. The lowest BCUT2D eigenvalue weighted by atomic mass is 10.2. The van der Waals surface area contributed by atoms with E-state index in [2.05, 4.69) is 15.6 Å². The summed E-state index contributed by atoms with van der Waals surface area (Å²) in [4.78, 5) is 4.21. The van der Waals surface area contributed by atoms with Crippen LogP contribution in [0.15, 0.2) is 47.5 Å². The van der Waals surface area contributed by atoms with Crippen LogP contribution >= 0.6 is 0 Å². The molecule has 28 heavy (non-hydrogen) atoms. The lowest BCUT2D eigenvalue weighted by Gasteiger charge is -2.18. The fourth-order valence-corrected chi connectivity index (χ4v) is 2.76. The zero-order chi connectivity index (χ0) is 19.8. The number of para-hydroxylation sites is 1. The van der Waals surface area contributed by atoms with E-state index < -0.39 is 0 Å². The summed E-state index contributed by atoms with van der Waals surface area (Å²) in [6.07, 6.45) is 0.653. The predicted octanol–water partition coefficient (Wildman–Crippen LogP) is 3.12. The highest BCUT2D eigenvalue weighted by Gasteiger charge is 2.12. The fraction of sp³-hybridized carbons (Fsp3) is 0.381. The van der Waals surface area contributed by atoms with Crippen molar-refractivity contribution in [1.29, 1.82) is 0 Å². The van der Waals surface area contributed by atoms with Crippen LogP contribution < -0.4 is 24.8 Å². The van der Waals surface area contributed by atoms with Crippen LogP contribution in [0.25, 0.3) is 0 Å². The van der Waals surface area contributed by atoms with Crippen molar-refractivity contribution in [2.24, 2.45) is 4.99 Å². The minimum Gasteiger partial charge on any atom is -0.490 e. The van der Waals surface area contributed by atoms with Crippen LogP contribution in [0.2, 0.25) is 0 Å². The third kappa shape index (κ3) is 5.52. The van der Waals surface area contributed by atoms with Gasteiger partial charge in [-0.2, -0.15) is 0 Å². The van der Waals surface area contributed by atoms with Crippen molar-refractivity contribution in [3.8, 4) is 17.2 Å². The Morgan fingerprint density at radius 2 is 1.93 bits per heavy atom. The van der Waals surface area contributed by atoms with E-state index in [0.717, 1.165) is 23.5 Å². The summed E-state index contributed by atoms with van der Waals surface area (Å²) in [6.45, 7) is 4.27. The molecule has 150 valence electrons. The van der Waals surface area contributed by atoms with Gasteiger partial charge in [-0.15, -0.1) is 0 Å². The second-order valence-corrected chi connectivity index (χ2v) is 6.50. The molecule has 1 unspecified atom stereocenters. The lowest BCUT2D eigenvalue weighted by Crippen LogP contribution is -2.41. The Bertz CT molecular complexity index is 813. The highest BCUT2D eigenvalue weighted by molar-refractivity contribution is 5.79. The minimum absolute atomic E-state index is 0.228. The van der Waals surface area contributed by atoms with Gasteiger partial charge in [-0.05, 0) is 36.8 Å². The molecule has 0 fully saturated rings. The van der Waals surface area contributed by atoms with Gasteiger partial charge < -0.3 is 24.8 Å². The fourth-order valence-electron chi connectivity index (χ4n) is 2.76. The number of hydrogen-bond acceptors (Lipinski definition) is 4. The second kappa shape index (κ2) is 9.82. The zero-order valence-corrected chi connectivity index (χ0v) is 16.2. The number of aliphatic imine (C=N–C) groups is 1. The molecule has 0 aliphatic carbocycles. The van der Waals surface area contributed by atoms with Crippen molar-refractivity contribution in [1.82, 2.24) is 10.6 Å². The lowest BCUT2D eigenvalue weighted by molar-refractivity contribution is 0.214. The van der Waals surface area contributed by atoms with Crippen molar-refractivity contribution in [3.63, 3.8) is 0 Å². The molecular weight excluding hydrogens is 361 g/mol. The molecule has 0 saturated heterocycles. The first kappa shape index (κ1) is 19.8. The Balaban J connectivity index is 1.48. The van der Waals surface area contributed by atoms with E-state index in [9.17, 15) is 4.39 Å². The van der Waals surface area contributed by atoms with Gasteiger partial charge in [0.15, 0.2) is 29.0 Å². The first-order chi connectivity index (χ1) is 13.7. The quantitative estimate of drug-likeness (QED) is 0.589. The molecule has 0 spiro atoms. The first-order valence-electron chi connectivity index (χ1n) is 9.40. The minimum atomic E-state index is -0.369. The van der Waals surface area contributed by atoms with E-state index in [-0.39, 0.29) is 17.7 Å². The topological polar surface area (TPSA) is 64.1 Å². The highest BCUT2D eigenvalue weighted by atomic mass is 19.1. The molecule has 0 radical (unpaired) electrons. The number of hydrogen-bond donors (Lipinski definition) is 2. The number of benzene rings is 2. The zero-order valence-electron chi connectivity index (χ0n) is 16.2. The van der Waals surface area contributed by atoms with E-state index in [1.54, 1.807) is 25.2 Å². The third-order valence-electron chi connectivity index (χ3n) is 4.22. The third-order valence-corrected chi connectivity index (χ3v) is 4.22. The average Bonchev–Trinajstić information content (AvgIpc) is 2.95. The van der Waals surface area contributed by atoms with Crippen LogP contribution in [-0.2, 0) is 6.54 Å². The molecule has 2 N–H and O–H groups in total. The number of fused-ring (bicyclic) bond motifs is 1. The highest BCUT2D eigenvalue weighted by Crippen LogP contribution is 2.30.